The third-order valence-electron chi connectivity index (χ3n) is 2.22. The van der Waals surface area contributed by atoms with Gasteiger partial charge in [-0.2, -0.15) is 8.78 Å². The average Bonchev–Trinajstić information content (AvgIpc) is 2.33. The third kappa shape index (κ3) is 5.25. The summed E-state index contributed by atoms with van der Waals surface area (Å²) >= 11 is 0. The van der Waals surface area contributed by atoms with Gasteiger partial charge in [0.05, 0.1) is 0 Å². The van der Waals surface area contributed by atoms with E-state index in [1.165, 1.54) is 13.8 Å². The Kier molecular flexibility index (Phi) is 6.51. The zero-order valence-corrected chi connectivity index (χ0v) is 10.8. The predicted octanol–water partition coefficient (Wildman–Crippen LogP) is 2.47. The molecule has 0 amide bonds. The Morgan fingerprint density at radius 2 is 1.89 bits per heavy atom. The zero-order valence-electron chi connectivity index (χ0n) is 10.8. The molecule has 0 spiro atoms. The van der Waals surface area contributed by atoms with Gasteiger partial charge in [0, 0.05) is 12.0 Å². The summed E-state index contributed by atoms with van der Waals surface area (Å²) in [6.07, 6.45) is -1.02. The summed E-state index contributed by atoms with van der Waals surface area (Å²) < 4.78 is 35.1. The highest BCUT2D eigenvalue weighted by Gasteiger charge is 2.38. The molecule has 0 fully saturated rings. The maximum absolute atomic E-state index is 12.9. The number of ether oxygens (including phenoxy) is 2. The van der Waals surface area contributed by atoms with Crippen molar-refractivity contribution in [2.45, 2.75) is 45.6 Å². The van der Waals surface area contributed by atoms with E-state index in [1.807, 2.05) is 0 Å². The molecule has 4 nitrogen and oxygen atoms in total. The van der Waals surface area contributed by atoms with E-state index in [0.717, 1.165) is 0 Å². The summed E-state index contributed by atoms with van der Waals surface area (Å²) in [5.41, 5.74) is 0.193. The van der Waals surface area contributed by atoms with Gasteiger partial charge >= 0.3 is 17.9 Å². The summed E-state index contributed by atoms with van der Waals surface area (Å²) in [6, 6.07) is 0. The number of halogens is 2. The van der Waals surface area contributed by atoms with Gasteiger partial charge in [0.2, 0.25) is 0 Å². The van der Waals surface area contributed by atoms with Crippen LogP contribution in [0.2, 0.25) is 0 Å². The lowest BCUT2D eigenvalue weighted by atomic mass is 10.2. The van der Waals surface area contributed by atoms with Crippen LogP contribution in [0, 0.1) is 0 Å². The standard InChI is InChI=1S/C12H18F2O4/c1-5-9(18-10(15)8(3)4)7-17-11(16)12(13,14)6-2/h9H,3,5-7H2,1-2,4H3. The van der Waals surface area contributed by atoms with E-state index >= 15 is 0 Å². The van der Waals surface area contributed by atoms with Gasteiger partial charge in [-0.3, -0.25) is 0 Å². The van der Waals surface area contributed by atoms with Crippen molar-refractivity contribution in [3.63, 3.8) is 0 Å². The lowest BCUT2D eigenvalue weighted by Crippen LogP contribution is -2.33. The monoisotopic (exact) mass is 264 g/mol. The van der Waals surface area contributed by atoms with Crippen LogP contribution in [0.15, 0.2) is 12.2 Å². The predicted molar refractivity (Wildman–Crippen MR) is 61.2 cm³/mol. The summed E-state index contributed by atoms with van der Waals surface area (Å²) in [4.78, 5) is 22.2. The first-order valence-corrected chi connectivity index (χ1v) is 5.66. The molecule has 0 aliphatic carbocycles. The first-order valence-electron chi connectivity index (χ1n) is 5.66. The van der Waals surface area contributed by atoms with Crippen LogP contribution >= 0.6 is 0 Å². The number of hydrogen-bond donors (Lipinski definition) is 0. The number of hydrogen-bond acceptors (Lipinski definition) is 4. The summed E-state index contributed by atoms with van der Waals surface area (Å²) in [5.74, 6) is -5.74. The second kappa shape index (κ2) is 7.08. The molecular weight excluding hydrogens is 246 g/mol. The van der Waals surface area contributed by atoms with Gasteiger partial charge in [0.25, 0.3) is 0 Å². The molecule has 0 saturated carbocycles. The fourth-order valence-electron chi connectivity index (χ4n) is 0.906. The second-order valence-electron chi connectivity index (χ2n) is 3.87. The Balaban J connectivity index is 4.28. The highest BCUT2D eigenvalue weighted by atomic mass is 19.3. The highest BCUT2D eigenvalue weighted by Crippen LogP contribution is 2.19. The zero-order chi connectivity index (χ0) is 14.3. The van der Waals surface area contributed by atoms with Crippen LogP contribution < -0.4 is 0 Å². The number of carbonyl (C=O) groups excluding carboxylic acids is 2. The number of rotatable bonds is 7. The lowest BCUT2D eigenvalue weighted by molar-refractivity contribution is -0.177. The van der Waals surface area contributed by atoms with Gasteiger partial charge in [0.1, 0.15) is 12.7 Å². The van der Waals surface area contributed by atoms with Gasteiger partial charge in [-0.25, -0.2) is 9.59 Å². The minimum Gasteiger partial charge on any atom is -0.457 e. The molecule has 6 heteroatoms. The first-order chi connectivity index (χ1) is 8.24. The van der Waals surface area contributed by atoms with Gasteiger partial charge in [0.15, 0.2) is 0 Å². The van der Waals surface area contributed by atoms with Crippen molar-refractivity contribution >= 4 is 11.9 Å². The van der Waals surface area contributed by atoms with Crippen molar-refractivity contribution in [3.8, 4) is 0 Å². The van der Waals surface area contributed by atoms with Crippen LogP contribution in [-0.4, -0.2) is 30.6 Å². The normalized spacial score (nSPS) is 12.7. The molecule has 104 valence electrons. The van der Waals surface area contributed by atoms with E-state index in [9.17, 15) is 18.4 Å². The second-order valence-corrected chi connectivity index (χ2v) is 3.87. The van der Waals surface area contributed by atoms with Crippen molar-refractivity contribution < 1.29 is 27.8 Å². The summed E-state index contributed by atoms with van der Waals surface area (Å²) in [7, 11) is 0. The molecule has 0 aliphatic rings. The van der Waals surface area contributed by atoms with Gasteiger partial charge < -0.3 is 9.47 Å². The van der Waals surface area contributed by atoms with Gasteiger partial charge in [-0.05, 0) is 13.3 Å². The molecule has 0 aliphatic heterocycles. The fourth-order valence-corrected chi connectivity index (χ4v) is 0.906. The minimum absolute atomic E-state index is 0.193. The molecular formula is C12H18F2O4. The molecule has 18 heavy (non-hydrogen) atoms. The van der Waals surface area contributed by atoms with E-state index in [2.05, 4.69) is 11.3 Å². The maximum atomic E-state index is 12.9. The van der Waals surface area contributed by atoms with Crippen LogP contribution in [-0.2, 0) is 19.1 Å². The Morgan fingerprint density at radius 3 is 2.28 bits per heavy atom. The summed E-state index contributed by atoms with van der Waals surface area (Å²) in [6.45, 7) is 7.33. The van der Waals surface area contributed by atoms with Crippen LogP contribution in [0.5, 0.6) is 0 Å². The van der Waals surface area contributed by atoms with E-state index in [-0.39, 0.29) is 12.2 Å². The van der Waals surface area contributed by atoms with Crippen molar-refractivity contribution in [2.75, 3.05) is 6.61 Å². The molecule has 0 heterocycles. The molecule has 0 bridgehead atoms. The van der Waals surface area contributed by atoms with E-state index < -0.39 is 30.4 Å². The Labute approximate surface area is 105 Å². The van der Waals surface area contributed by atoms with E-state index in [4.69, 9.17) is 4.74 Å². The quantitative estimate of drug-likeness (QED) is 0.523. The van der Waals surface area contributed by atoms with Gasteiger partial charge in [-0.1, -0.05) is 20.4 Å². The Morgan fingerprint density at radius 1 is 1.33 bits per heavy atom. The topological polar surface area (TPSA) is 52.6 Å². The van der Waals surface area contributed by atoms with Crippen LogP contribution in [0.25, 0.3) is 0 Å². The largest absolute Gasteiger partial charge is 0.457 e. The Bertz CT molecular complexity index is 326. The molecule has 1 unspecified atom stereocenters. The molecule has 0 aromatic rings. The van der Waals surface area contributed by atoms with Crippen molar-refractivity contribution in [3.05, 3.63) is 12.2 Å². The van der Waals surface area contributed by atoms with Crippen LogP contribution in [0.3, 0.4) is 0 Å². The SMILES string of the molecule is C=C(C)C(=O)OC(CC)COC(=O)C(F)(F)CC. The molecule has 0 rings (SSSR count). The third-order valence-corrected chi connectivity index (χ3v) is 2.22. The van der Waals surface area contributed by atoms with Crippen molar-refractivity contribution in [1.29, 1.82) is 0 Å². The van der Waals surface area contributed by atoms with Crippen LogP contribution in [0.1, 0.15) is 33.6 Å². The van der Waals surface area contributed by atoms with Crippen LogP contribution in [0.4, 0.5) is 8.78 Å². The average molecular weight is 264 g/mol. The minimum atomic E-state index is -3.50. The number of esters is 2. The molecule has 1 atom stereocenters. The molecule has 0 radical (unpaired) electrons. The van der Waals surface area contributed by atoms with E-state index in [0.29, 0.717) is 6.42 Å². The van der Waals surface area contributed by atoms with E-state index in [1.54, 1.807) is 6.92 Å². The lowest BCUT2D eigenvalue weighted by Gasteiger charge is -2.18. The summed E-state index contributed by atoms with van der Waals surface area (Å²) in [5, 5.41) is 0. The molecule has 0 aromatic carbocycles. The number of alkyl halides is 2. The Hall–Kier alpha value is -1.46. The number of carbonyl (C=O) groups is 2. The highest BCUT2D eigenvalue weighted by molar-refractivity contribution is 5.87. The first kappa shape index (κ1) is 16.5. The smallest absolute Gasteiger partial charge is 0.377 e. The maximum Gasteiger partial charge on any atom is 0.377 e. The fraction of sp³-hybridized carbons (Fsp3) is 0.667. The van der Waals surface area contributed by atoms with Crippen molar-refractivity contribution in [2.24, 2.45) is 0 Å². The van der Waals surface area contributed by atoms with Crippen molar-refractivity contribution in [1.82, 2.24) is 0 Å². The molecule has 0 saturated heterocycles. The molecule has 0 N–H and O–H groups in total. The van der Waals surface area contributed by atoms with Gasteiger partial charge in [-0.15, -0.1) is 0 Å². The molecule has 0 aromatic heterocycles.